The minimum absolute atomic E-state index is 0.752. The standard InChI is InChI=1S/C20H18N2S/c1-13-12-16(6-11-19(13)22)20(14-2-7-17(21)8-3-14)15-4-9-18(23)10-5-15/h2-12H,21-22H2,1H3. The largest absolute Gasteiger partial charge is 0.399 e. The van der Waals surface area contributed by atoms with Crippen molar-refractivity contribution in [2.75, 3.05) is 11.5 Å². The van der Waals surface area contributed by atoms with E-state index in [2.05, 4.69) is 24.3 Å². The lowest BCUT2D eigenvalue weighted by molar-refractivity contribution is 1.43. The molecule has 0 aliphatic heterocycles. The number of hydrogen-bond acceptors (Lipinski definition) is 3. The molecule has 0 fully saturated rings. The fourth-order valence-electron chi connectivity index (χ4n) is 2.60. The first kappa shape index (κ1) is 15.3. The molecule has 4 N–H and O–H groups in total. The number of thiocarbonyl (C=S) groups is 1. The van der Waals surface area contributed by atoms with Crippen molar-refractivity contribution in [2.24, 2.45) is 0 Å². The highest BCUT2D eigenvalue weighted by atomic mass is 32.1. The monoisotopic (exact) mass is 318 g/mol. The second-order valence-corrected chi connectivity index (χ2v) is 6.06. The molecular formula is C20H18N2S. The Morgan fingerprint density at radius 2 is 1.43 bits per heavy atom. The molecule has 1 aliphatic carbocycles. The summed E-state index contributed by atoms with van der Waals surface area (Å²) in [7, 11) is 0. The molecule has 0 unspecified atom stereocenters. The predicted molar refractivity (Wildman–Crippen MR) is 103 cm³/mol. The SMILES string of the molecule is Cc1cc(C(=C2C=CC(=S)C=C2)c2ccc(N)cc2)ccc1N. The summed E-state index contributed by atoms with van der Waals surface area (Å²) in [5, 5.41) is 0. The molecule has 0 heterocycles. The van der Waals surface area contributed by atoms with Crippen LogP contribution in [0.1, 0.15) is 16.7 Å². The number of rotatable bonds is 2. The molecule has 0 spiro atoms. The molecule has 3 rings (SSSR count). The van der Waals surface area contributed by atoms with E-state index >= 15 is 0 Å². The fraction of sp³-hybridized carbons (Fsp3) is 0.0500. The van der Waals surface area contributed by atoms with Crippen LogP contribution in [-0.4, -0.2) is 4.86 Å². The van der Waals surface area contributed by atoms with Gasteiger partial charge in [0, 0.05) is 16.2 Å². The zero-order valence-corrected chi connectivity index (χ0v) is 13.7. The third-order valence-electron chi connectivity index (χ3n) is 3.90. The Morgan fingerprint density at radius 3 is 2.04 bits per heavy atom. The molecule has 2 nitrogen and oxygen atoms in total. The van der Waals surface area contributed by atoms with E-state index < -0.39 is 0 Å². The van der Waals surface area contributed by atoms with Crippen LogP contribution in [0.2, 0.25) is 0 Å². The number of nitrogens with two attached hydrogens (primary N) is 2. The minimum Gasteiger partial charge on any atom is -0.399 e. The molecule has 0 saturated heterocycles. The molecule has 0 bridgehead atoms. The molecule has 0 radical (unpaired) electrons. The molecule has 0 saturated carbocycles. The fourth-order valence-corrected chi connectivity index (χ4v) is 2.74. The van der Waals surface area contributed by atoms with Crippen molar-refractivity contribution in [3.05, 3.63) is 89.0 Å². The van der Waals surface area contributed by atoms with Gasteiger partial charge in [-0.05, 0) is 71.2 Å². The van der Waals surface area contributed by atoms with Gasteiger partial charge in [-0.25, -0.2) is 0 Å². The second kappa shape index (κ2) is 6.23. The number of nitrogen functional groups attached to an aromatic ring is 2. The average molecular weight is 318 g/mol. The van der Waals surface area contributed by atoms with Gasteiger partial charge in [-0.1, -0.05) is 42.6 Å². The summed E-state index contributed by atoms with van der Waals surface area (Å²) in [4.78, 5) is 0.832. The Labute approximate surface area is 141 Å². The lowest BCUT2D eigenvalue weighted by atomic mass is 9.90. The van der Waals surface area contributed by atoms with E-state index in [0.29, 0.717) is 0 Å². The van der Waals surface area contributed by atoms with Crippen LogP contribution in [0.5, 0.6) is 0 Å². The van der Waals surface area contributed by atoms with Gasteiger partial charge in [-0.3, -0.25) is 0 Å². The Morgan fingerprint density at radius 1 is 0.826 bits per heavy atom. The van der Waals surface area contributed by atoms with Crippen molar-refractivity contribution >= 4 is 34.0 Å². The number of hydrogen-bond donors (Lipinski definition) is 2. The van der Waals surface area contributed by atoms with Gasteiger partial charge in [-0.2, -0.15) is 0 Å². The smallest absolute Gasteiger partial charge is 0.0377 e. The first-order valence-electron chi connectivity index (χ1n) is 7.41. The van der Waals surface area contributed by atoms with Crippen LogP contribution in [0, 0.1) is 6.92 Å². The Kier molecular flexibility index (Phi) is 4.13. The Bertz CT molecular complexity index is 838. The summed E-state index contributed by atoms with van der Waals surface area (Å²) < 4.78 is 0. The van der Waals surface area contributed by atoms with Crippen LogP contribution in [0.3, 0.4) is 0 Å². The van der Waals surface area contributed by atoms with Crippen LogP contribution < -0.4 is 11.5 Å². The molecule has 1 aliphatic rings. The molecule has 0 aromatic heterocycles. The van der Waals surface area contributed by atoms with Crippen LogP contribution in [0.4, 0.5) is 11.4 Å². The summed E-state index contributed by atoms with van der Waals surface area (Å²) in [6.07, 6.45) is 8.01. The third-order valence-corrected chi connectivity index (χ3v) is 4.17. The maximum atomic E-state index is 5.97. The van der Waals surface area contributed by atoms with Crippen molar-refractivity contribution in [2.45, 2.75) is 6.92 Å². The lowest BCUT2D eigenvalue weighted by Gasteiger charge is -2.15. The average Bonchev–Trinajstić information content (AvgIpc) is 2.55. The molecule has 0 amide bonds. The quantitative estimate of drug-likeness (QED) is 0.635. The molecule has 3 heteroatoms. The van der Waals surface area contributed by atoms with Crippen molar-refractivity contribution in [3.63, 3.8) is 0 Å². The predicted octanol–water partition coefficient (Wildman–Crippen LogP) is 4.46. The number of allylic oxidation sites excluding steroid dienone is 5. The van der Waals surface area contributed by atoms with Gasteiger partial charge in [0.15, 0.2) is 0 Å². The van der Waals surface area contributed by atoms with E-state index in [4.69, 9.17) is 23.7 Å². The van der Waals surface area contributed by atoms with E-state index in [1.54, 1.807) is 0 Å². The highest BCUT2D eigenvalue weighted by Gasteiger charge is 2.11. The highest BCUT2D eigenvalue weighted by Crippen LogP contribution is 2.31. The summed E-state index contributed by atoms with van der Waals surface area (Å²) in [5.41, 5.74) is 18.9. The maximum absolute atomic E-state index is 5.97. The topological polar surface area (TPSA) is 52.0 Å². The number of anilines is 2. The molecule has 2 aromatic rings. The normalized spacial score (nSPS) is 13.4. The van der Waals surface area contributed by atoms with E-state index in [1.807, 2.05) is 49.4 Å². The van der Waals surface area contributed by atoms with Gasteiger partial charge >= 0.3 is 0 Å². The van der Waals surface area contributed by atoms with Crippen LogP contribution in [0.25, 0.3) is 5.57 Å². The molecule has 2 aromatic carbocycles. The first-order valence-corrected chi connectivity index (χ1v) is 7.82. The molecular weight excluding hydrogens is 300 g/mol. The molecule has 114 valence electrons. The third kappa shape index (κ3) is 3.25. The Hall–Kier alpha value is -2.65. The lowest BCUT2D eigenvalue weighted by Crippen LogP contribution is -1.98. The van der Waals surface area contributed by atoms with E-state index in [9.17, 15) is 0 Å². The number of aryl methyl sites for hydroxylation is 1. The van der Waals surface area contributed by atoms with Gasteiger partial charge in [0.05, 0.1) is 0 Å². The maximum Gasteiger partial charge on any atom is 0.0377 e. The van der Waals surface area contributed by atoms with E-state index in [-0.39, 0.29) is 0 Å². The van der Waals surface area contributed by atoms with E-state index in [1.165, 1.54) is 0 Å². The van der Waals surface area contributed by atoms with Crippen molar-refractivity contribution < 1.29 is 0 Å². The minimum atomic E-state index is 0.752. The van der Waals surface area contributed by atoms with Gasteiger partial charge in [0.2, 0.25) is 0 Å². The van der Waals surface area contributed by atoms with Gasteiger partial charge in [0.1, 0.15) is 0 Å². The van der Waals surface area contributed by atoms with Crippen molar-refractivity contribution in [1.82, 2.24) is 0 Å². The molecule has 23 heavy (non-hydrogen) atoms. The zero-order valence-electron chi connectivity index (χ0n) is 12.9. The van der Waals surface area contributed by atoms with E-state index in [0.717, 1.165) is 44.1 Å². The summed E-state index contributed by atoms with van der Waals surface area (Å²) in [6, 6.07) is 14.0. The molecule has 0 atom stereocenters. The van der Waals surface area contributed by atoms with Gasteiger partial charge in [-0.15, -0.1) is 0 Å². The summed E-state index contributed by atoms with van der Waals surface area (Å²) in [5.74, 6) is 0. The zero-order chi connectivity index (χ0) is 16.4. The summed E-state index contributed by atoms with van der Waals surface area (Å²) in [6.45, 7) is 2.02. The van der Waals surface area contributed by atoms with Crippen molar-refractivity contribution in [1.29, 1.82) is 0 Å². The Balaban J connectivity index is 2.22. The van der Waals surface area contributed by atoms with Gasteiger partial charge in [0.25, 0.3) is 0 Å². The highest BCUT2D eigenvalue weighted by molar-refractivity contribution is 7.81. The van der Waals surface area contributed by atoms with Crippen LogP contribution in [-0.2, 0) is 0 Å². The first-order chi connectivity index (χ1) is 11.0. The second-order valence-electron chi connectivity index (χ2n) is 5.59. The van der Waals surface area contributed by atoms with Crippen LogP contribution >= 0.6 is 12.2 Å². The number of benzene rings is 2. The van der Waals surface area contributed by atoms with Crippen molar-refractivity contribution in [3.8, 4) is 0 Å². The van der Waals surface area contributed by atoms with Crippen LogP contribution in [0.15, 0.2) is 72.3 Å². The van der Waals surface area contributed by atoms with Gasteiger partial charge < -0.3 is 11.5 Å². The summed E-state index contributed by atoms with van der Waals surface area (Å²) >= 11 is 5.20.